The molecule has 0 bridgehead atoms. The Kier molecular flexibility index (Phi) is 8.00. The number of terminal acetylenes is 1. The van der Waals surface area contributed by atoms with Crippen molar-refractivity contribution >= 4 is 15.9 Å². The standard InChI is InChI=1S/C7H11BrO/c1-2-6-9-7-4-3-5-8/h1H,3-7H2. The molecule has 9 heavy (non-hydrogen) atoms. The summed E-state index contributed by atoms with van der Waals surface area (Å²) in [5.74, 6) is 2.41. The van der Waals surface area contributed by atoms with Crippen LogP contribution in [0.25, 0.3) is 0 Å². The van der Waals surface area contributed by atoms with Gasteiger partial charge in [0.25, 0.3) is 0 Å². The smallest absolute Gasteiger partial charge is 0.107 e. The van der Waals surface area contributed by atoms with Crippen molar-refractivity contribution in [3.63, 3.8) is 0 Å². The Hall–Kier alpha value is 0. The molecule has 2 heteroatoms. The monoisotopic (exact) mass is 190 g/mol. The van der Waals surface area contributed by atoms with Crippen molar-refractivity contribution in [3.8, 4) is 12.3 Å². The van der Waals surface area contributed by atoms with Crippen molar-refractivity contribution in [2.24, 2.45) is 0 Å². The van der Waals surface area contributed by atoms with Gasteiger partial charge in [-0.2, -0.15) is 0 Å². The van der Waals surface area contributed by atoms with E-state index in [0.717, 1.165) is 24.8 Å². The molecule has 0 radical (unpaired) electrons. The average molecular weight is 191 g/mol. The lowest BCUT2D eigenvalue weighted by atomic mass is 10.4. The molecule has 0 aromatic rings. The molecule has 0 saturated carbocycles. The van der Waals surface area contributed by atoms with Crippen molar-refractivity contribution < 1.29 is 4.74 Å². The third-order valence-corrected chi connectivity index (χ3v) is 1.42. The second-order valence-electron chi connectivity index (χ2n) is 1.65. The minimum atomic E-state index is 0.447. The van der Waals surface area contributed by atoms with E-state index in [0.29, 0.717) is 6.61 Å². The minimum absolute atomic E-state index is 0.447. The van der Waals surface area contributed by atoms with Crippen molar-refractivity contribution in [1.29, 1.82) is 0 Å². The van der Waals surface area contributed by atoms with Gasteiger partial charge in [0.2, 0.25) is 0 Å². The Balaban J connectivity index is 2.69. The molecule has 0 fully saturated rings. The van der Waals surface area contributed by atoms with Crippen LogP contribution in [0, 0.1) is 12.3 Å². The molecule has 0 N–H and O–H groups in total. The quantitative estimate of drug-likeness (QED) is 0.366. The van der Waals surface area contributed by atoms with Crippen LogP contribution in [0.4, 0.5) is 0 Å². The number of alkyl halides is 1. The molecular formula is C7H11BrO. The summed E-state index contributed by atoms with van der Waals surface area (Å²) in [6.07, 6.45) is 7.21. The predicted octanol–water partition coefficient (Wildman–Crippen LogP) is 1.81. The third kappa shape index (κ3) is 8.00. The molecule has 0 atom stereocenters. The van der Waals surface area contributed by atoms with E-state index in [1.165, 1.54) is 0 Å². The number of halogens is 1. The van der Waals surface area contributed by atoms with Crippen molar-refractivity contribution in [2.45, 2.75) is 12.8 Å². The van der Waals surface area contributed by atoms with Crippen LogP contribution < -0.4 is 0 Å². The van der Waals surface area contributed by atoms with Crippen molar-refractivity contribution in [3.05, 3.63) is 0 Å². The molecule has 0 spiro atoms. The van der Waals surface area contributed by atoms with E-state index in [2.05, 4.69) is 21.9 Å². The SMILES string of the molecule is C#CCOCCCCBr. The molecule has 0 saturated heterocycles. The maximum Gasteiger partial charge on any atom is 0.107 e. The molecule has 0 aliphatic heterocycles. The van der Waals surface area contributed by atoms with Gasteiger partial charge >= 0.3 is 0 Å². The summed E-state index contributed by atoms with van der Waals surface area (Å²) in [4.78, 5) is 0. The zero-order valence-corrected chi connectivity index (χ0v) is 6.99. The molecule has 0 aromatic carbocycles. The van der Waals surface area contributed by atoms with Gasteiger partial charge in [0.15, 0.2) is 0 Å². The molecule has 0 aliphatic rings. The van der Waals surface area contributed by atoms with Gasteiger partial charge in [0.05, 0.1) is 0 Å². The molecule has 0 heterocycles. The van der Waals surface area contributed by atoms with Crippen molar-refractivity contribution in [1.82, 2.24) is 0 Å². The van der Waals surface area contributed by atoms with Crippen LogP contribution in [0.5, 0.6) is 0 Å². The first-order valence-electron chi connectivity index (χ1n) is 2.99. The topological polar surface area (TPSA) is 9.23 Å². The average Bonchev–Trinajstić information content (AvgIpc) is 1.89. The van der Waals surface area contributed by atoms with Gasteiger partial charge in [-0.1, -0.05) is 21.9 Å². The fourth-order valence-corrected chi connectivity index (χ4v) is 0.826. The van der Waals surface area contributed by atoms with Gasteiger partial charge in [0, 0.05) is 11.9 Å². The van der Waals surface area contributed by atoms with E-state index < -0.39 is 0 Å². The summed E-state index contributed by atoms with van der Waals surface area (Å²) in [5, 5.41) is 1.05. The highest BCUT2D eigenvalue weighted by Crippen LogP contribution is 1.93. The normalized spacial score (nSPS) is 8.89. The highest BCUT2D eigenvalue weighted by Gasteiger charge is 1.84. The number of ether oxygens (including phenoxy) is 1. The number of rotatable bonds is 5. The van der Waals surface area contributed by atoms with E-state index in [4.69, 9.17) is 11.2 Å². The van der Waals surface area contributed by atoms with Gasteiger partial charge in [-0.3, -0.25) is 0 Å². The Morgan fingerprint density at radius 2 is 2.22 bits per heavy atom. The van der Waals surface area contributed by atoms with Crippen LogP contribution >= 0.6 is 15.9 Å². The summed E-state index contributed by atoms with van der Waals surface area (Å²) in [6, 6.07) is 0. The van der Waals surface area contributed by atoms with E-state index in [1.807, 2.05) is 0 Å². The van der Waals surface area contributed by atoms with Crippen LogP contribution in [0.2, 0.25) is 0 Å². The maximum absolute atomic E-state index is 5.03. The second-order valence-corrected chi connectivity index (χ2v) is 2.45. The second kappa shape index (κ2) is 8.00. The largest absolute Gasteiger partial charge is 0.369 e. The van der Waals surface area contributed by atoms with Crippen LogP contribution in [0.3, 0.4) is 0 Å². The van der Waals surface area contributed by atoms with Gasteiger partial charge in [-0.05, 0) is 12.8 Å². The summed E-state index contributed by atoms with van der Waals surface area (Å²) in [6.45, 7) is 1.23. The summed E-state index contributed by atoms with van der Waals surface area (Å²) < 4.78 is 5.03. The number of unbranched alkanes of at least 4 members (excludes halogenated alkanes) is 1. The molecule has 0 rings (SSSR count). The fraction of sp³-hybridized carbons (Fsp3) is 0.714. The first-order valence-corrected chi connectivity index (χ1v) is 4.11. The predicted molar refractivity (Wildman–Crippen MR) is 42.7 cm³/mol. The summed E-state index contributed by atoms with van der Waals surface area (Å²) in [5.41, 5.74) is 0. The highest BCUT2D eigenvalue weighted by molar-refractivity contribution is 9.09. The van der Waals surface area contributed by atoms with Gasteiger partial charge in [0.1, 0.15) is 6.61 Å². The van der Waals surface area contributed by atoms with Gasteiger partial charge in [-0.15, -0.1) is 6.42 Å². The first kappa shape index (κ1) is 9.00. The molecule has 0 unspecified atom stereocenters. The Labute approximate surface area is 64.9 Å². The van der Waals surface area contributed by atoms with Crippen LogP contribution in [0.15, 0.2) is 0 Å². The Morgan fingerprint density at radius 1 is 1.44 bits per heavy atom. The molecule has 0 aliphatic carbocycles. The summed E-state index contributed by atoms with van der Waals surface area (Å²) >= 11 is 3.32. The van der Waals surface area contributed by atoms with E-state index in [9.17, 15) is 0 Å². The molecule has 0 aromatic heterocycles. The number of hydrogen-bond acceptors (Lipinski definition) is 1. The fourth-order valence-electron chi connectivity index (χ4n) is 0.430. The lowest BCUT2D eigenvalue weighted by molar-refractivity contribution is 0.164. The first-order chi connectivity index (χ1) is 4.41. The molecule has 52 valence electrons. The zero-order valence-electron chi connectivity index (χ0n) is 5.40. The van der Waals surface area contributed by atoms with Crippen molar-refractivity contribution in [2.75, 3.05) is 18.5 Å². The Morgan fingerprint density at radius 3 is 2.78 bits per heavy atom. The van der Waals surface area contributed by atoms with Gasteiger partial charge < -0.3 is 4.74 Å². The van der Waals surface area contributed by atoms with E-state index >= 15 is 0 Å². The summed E-state index contributed by atoms with van der Waals surface area (Å²) in [7, 11) is 0. The Bertz CT molecular complexity index is 85.4. The zero-order chi connectivity index (χ0) is 6.95. The third-order valence-electron chi connectivity index (χ3n) is 0.858. The van der Waals surface area contributed by atoms with Crippen LogP contribution in [0.1, 0.15) is 12.8 Å². The lowest BCUT2D eigenvalue weighted by Crippen LogP contribution is -1.94. The molecule has 1 nitrogen and oxygen atoms in total. The van der Waals surface area contributed by atoms with Crippen LogP contribution in [-0.4, -0.2) is 18.5 Å². The highest BCUT2D eigenvalue weighted by atomic mass is 79.9. The lowest BCUT2D eigenvalue weighted by Gasteiger charge is -1.96. The van der Waals surface area contributed by atoms with Gasteiger partial charge in [-0.25, -0.2) is 0 Å². The molecular weight excluding hydrogens is 180 g/mol. The number of hydrogen-bond donors (Lipinski definition) is 0. The van der Waals surface area contributed by atoms with Crippen LogP contribution in [-0.2, 0) is 4.74 Å². The van der Waals surface area contributed by atoms with E-state index in [1.54, 1.807) is 0 Å². The molecule has 0 amide bonds. The minimum Gasteiger partial charge on any atom is -0.369 e. The van der Waals surface area contributed by atoms with E-state index in [-0.39, 0.29) is 0 Å². The maximum atomic E-state index is 5.03.